The van der Waals surface area contributed by atoms with Crippen LogP contribution in [0.25, 0.3) is 6.08 Å². The van der Waals surface area contributed by atoms with Crippen LogP contribution in [-0.4, -0.2) is 21.3 Å². The summed E-state index contributed by atoms with van der Waals surface area (Å²) in [7, 11) is -3.54. The zero-order chi connectivity index (χ0) is 13.8. The van der Waals surface area contributed by atoms with E-state index in [1.165, 1.54) is 24.3 Å². The van der Waals surface area contributed by atoms with Crippen molar-refractivity contribution in [2.75, 3.05) is 12.9 Å². The third kappa shape index (κ3) is 5.33. The van der Waals surface area contributed by atoms with Gasteiger partial charge in [-0.05, 0) is 17.7 Å². The van der Waals surface area contributed by atoms with E-state index < -0.39 is 21.9 Å². The van der Waals surface area contributed by atoms with Crippen molar-refractivity contribution >= 4 is 16.2 Å². The Kier molecular flexibility index (Phi) is 4.53. The van der Waals surface area contributed by atoms with Gasteiger partial charge in [0.15, 0.2) is 0 Å². The summed E-state index contributed by atoms with van der Waals surface area (Å²) in [6.45, 7) is -0.213. The number of hydrogen-bond donors (Lipinski definition) is 0. The second-order valence-corrected chi connectivity index (χ2v) is 5.16. The molecule has 1 rings (SSSR count). The molecule has 0 heterocycles. The van der Waals surface area contributed by atoms with Crippen molar-refractivity contribution in [3.05, 3.63) is 41.5 Å². The molecule has 0 aliphatic rings. The maximum absolute atomic E-state index is 12.4. The van der Waals surface area contributed by atoms with Gasteiger partial charge in [-0.2, -0.15) is 21.6 Å². The van der Waals surface area contributed by atoms with Crippen molar-refractivity contribution in [1.29, 1.82) is 0 Å². The molecule has 0 saturated heterocycles. The molecule has 3 nitrogen and oxygen atoms in total. The SMILES string of the molecule is CS(=O)(=O)OC/C=C/c1cccc(C(F)(F)F)c1. The highest BCUT2D eigenvalue weighted by atomic mass is 32.2. The molecule has 0 aliphatic heterocycles. The average molecular weight is 280 g/mol. The highest BCUT2D eigenvalue weighted by molar-refractivity contribution is 7.85. The highest BCUT2D eigenvalue weighted by Crippen LogP contribution is 2.29. The van der Waals surface area contributed by atoms with E-state index in [0.717, 1.165) is 18.4 Å². The standard InChI is InChI=1S/C11H11F3O3S/c1-18(15,16)17-7-3-5-9-4-2-6-10(8-9)11(12,13)14/h2-6,8H,7H2,1H3/b5-3+. The lowest BCUT2D eigenvalue weighted by atomic mass is 10.1. The number of hydrogen-bond acceptors (Lipinski definition) is 3. The van der Waals surface area contributed by atoms with Crippen molar-refractivity contribution in [2.45, 2.75) is 6.18 Å². The second-order valence-electron chi connectivity index (χ2n) is 3.51. The van der Waals surface area contributed by atoms with Crippen molar-refractivity contribution in [2.24, 2.45) is 0 Å². The smallest absolute Gasteiger partial charge is 0.266 e. The van der Waals surface area contributed by atoms with E-state index in [-0.39, 0.29) is 6.61 Å². The van der Waals surface area contributed by atoms with Crippen molar-refractivity contribution in [1.82, 2.24) is 0 Å². The summed E-state index contributed by atoms with van der Waals surface area (Å²) in [5.74, 6) is 0. The summed E-state index contributed by atoms with van der Waals surface area (Å²) in [5, 5.41) is 0. The van der Waals surface area contributed by atoms with Crippen molar-refractivity contribution < 1.29 is 25.8 Å². The van der Waals surface area contributed by atoms with Gasteiger partial charge in [0.2, 0.25) is 0 Å². The summed E-state index contributed by atoms with van der Waals surface area (Å²) >= 11 is 0. The third-order valence-electron chi connectivity index (χ3n) is 1.90. The predicted octanol–water partition coefficient (Wildman–Crippen LogP) is 2.69. The lowest BCUT2D eigenvalue weighted by molar-refractivity contribution is -0.137. The topological polar surface area (TPSA) is 43.4 Å². The van der Waals surface area contributed by atoms with E-state index in [9.17, 15) is 21.6 Å². The third-order valence-corrected chi connectivity index (χ3v) is 2.47. The first kappa shape index (κ1) is 14.7. The summed E-state index contributed by atoms with van der Waals surface area (Å²) in [5.41, 5.74) is -0.435. The van der Waals surface area contributed by atoms with E-state index >= 15 is 0 Å². The fourth-order valence-electron chi connectivity index (χ4n) is 1.17. The average Bonchev–Trinajstić information content (AvgIpc) is 2.22. The zero-order valence-corrected chi connectivity index (χ0v) is 10.3. The van der Waals surface area contributed by atoms with Gasteiger partial charge in [-0.25, -0.2) is 0 Å². The molecule has 18 heavy (non-hydrogen) atoms. The van der Waals surface area contributed by atoms with Gasteiger partial charge >= 0.3 is 6.18 Å². The largest absolute Gasteiger partial charge is 0.416 e. The maximum atomic E-state index is 12.4. The summed E-state index contributed by atoms with van der Waals surface area (Å²) in [4.78, 5) is 0. The van der Waals surface area contributed by atoms with Gasteiger partial charge in [0.1, 0.15) is 0 Å². The minimum absolute atomic E-state index is 0.213. The molecule has 0 unspecified atom stereocenters. The van der Waals surface area contributed by atoms with E-state index in [2.05, 4.69) is 4.18 Å². The second kappa shape index (κ2) is 5.53. The van der Waals surface area contributed by atoms with Crippen LogP contribution in [0.5, 0.6) is 0 Å². The lowest BCUT2D eigenvalue weighted by Gasteiger charge is -2.06. The molecule has 0 N–H and O–H groups in total. The molecule has 7 heteroatoms. The van der Waals surface area contributed by atoms with Gasteiger partial charge in [-0.3, -0.25) is 4.18 Å². The molecule has 0 aliphatic carbocycles. The molecular weight excluding hydrogens is 269 g/mol. The molecule has 0 spiro atoms. The summed E-state index contributed by atoms with van der Waals surface area (Å²) in [6.07, 6.45) is -0.810. The monoisotopic (exact) mass is 280 g/mol. The van der Waals surface area contributed by atoms with E-state index in [0.29, 0.717) is 5.56 Å². The highest BCUT2D eigenvalue weighted by Gasteiger charge is 2.30. The van der Waals surface area contributed by atoms with Gasteiger partial charge in [-0.1, -0.05) is 24.3 Å². The first-order valence-electron chi connectivity index (χ1n) is 4.87. The van der Waals surface area contributed by atoms with Crippen LogP contribution >= 0.6 is 0 Å². The quantitative estimate of drug-likeness (QED) is 0.796. The van der Waals surface area contributed by atoms with E-state index in [4.69, 9.17) is 0 Å². The normalized spacial score (nSPS) is 13.1. The summed E-state index contributed by atoms with van der Waals surface area (Å²) in [6, 6.07) is 4.69. The summed E-state index contributed by atoms with van der Waals surface area (Å²) < 4.78 is 62.8. The van der Waals surface area contributed by atoms with Crippen molar-refractivity contribution in [3.63, 3.8) is 0 Å². The lowest BCUT2D eigenvalue weighted by Crippen LogP contribution is -2.04. The maximum Gasteiger partial charge on any atom is 0.416 e. The van der Waals surface area contributed by atoms with Crippen molar-refractivity contribution in [3.8, 4) is 0 Å². The Morgan fingerprint density at radius 2 is 2.00 bits per heavy atom. The van der Waals surface area contributed by atoms with E-state index in [1.54, 1.807) is 0 Å². The zero-order valence-electron chi connectivity index (χ0n) is 9.44. The molecule has 0 atom stereocenters. The molecule has 0 saturated carbocycles. The first-order chi connectivity index (χ1) is 8.18. The van der Waals surface area contributed by atoms with Gasteiger partial charge in [0.05, 0.1) is 18.4 Å². The Bertz CT molecular complexity index is 533. The number of alkyl halides is 3. The van der Waals surface area contributed by atoms with Gasteiger partial charge in [-0.15, -0.1) is 0 Å². The van der Waals surface area contributed by atoms with Crippen LogP contribution in [0.15, 0.2) is 30.3 Å². The van der Waals surface area contributed by atoms with Crippen LogP contribution in [0.1, 0.15) is 11.1 Å². The molecular formula is C11H11F3O3S. The van der Waals surface area contributed by atoms with E-state index in [1.807, 2.05) is 0 Å². The van der Waals surface area contributed by atoms with Crippen LogP contribution in [0.4, 0.5) is 13.2 Å². The number of rotatable bonds is 4. The Labute approximate surface area is 103 Å². The molecule has 100 valence electrons. The first-order valence-corrected chi connectivity index (χ1v) is 6.68. The van der Waals surface area contributed by atoms with Crippen LogP contribution in [-0.2, 0) is 20.5 Å². The fraction of sp³-hybridized carbons (Fsp3) is 0.273. The fourth-order valence-corrected chi connectivity index (χ4v) is 1.49. The number of benzene rings is 1. The predicted molar refractivity (Wildman–Crippen MR) is 61.3 cm³/mol. The van der Waals surface area contributed by atoms with Gasteiger partial charge in [0.25, 0.3) is 10.1 Å². The van der Waals surface area contributed by atoms with Crippen LogP contribution in [0.2, 0.25) is 0 Å². The van der Waals surface area contributed by atoms with Gasteiger partial charge in [0, 0.05) is 0 Å². The van der Waals surface area contributed by atoms with Crippen LogP contribution in [0, 0.1) is 0 Å². The molecule has 0 aromatic heterocycles. The minimum atomic E-state index is -4.40. The molecule has 1 aromatic rings. The molecule has 0 bridgehead atoms. The number of halogens is 3. The molecule has 0 fully saturated rings. The minimum Gasteiger partial charge on any atom is -0.266 e. The Morgan fingerprint density at radius 1 is 1.33 bits per heavy atom. The molecule has 1 aromatic carbocycles. The Balaban J connectivity index is 2.71. The Hall–Kier alpha value is -1.34. The molecule has 0 radical (unpaired) electrons. The van der Waals surface area contributed by atoms with Crippen LogP contribution < -0.4 is 0 Å². The Morgan fingerprint density at radius 3 is 2.56 bits per heavy atom. The molecule has 0 amide bonds. The van der Waals surface area contributed by atoms with Gasteiger partial charge < -0.3 is 0 Å². The van der Waals surface area contributed by atoms with Crippen LogP contribution in [0.3, 0.4) is 0 Å².